The van der Waals surface area contributed by atoms with E-state index in [0.717, 1.165) is 67.8 Å². The lowest BCUT2D eigenvalue weighted by Crippen LogP contribution is -2.51. The van der Waals surface area contributed by atoms with Crippen molar-refractivity contribution in [1.29, 1.82) is 0 Å². The lowest BCUT2D eigenvalue weighted by atomic mass is 9.47. The van der Waals surface area contributed by atoms with Gasteiger partial charge in [0, 0.05) is 19.6 Å². The quantitative estimate of drug-likeness (QED) is 0.192. The van der Waals surface area contributed by atoms with Crippen molar-refractivity contribution in [3.8, 4) is 0 Å². The number of rotatable bonds is 12. The molecule has 230 valence electrons. The van der Waals surface area contributed by atoms with Gasteiger partial charge >= 0.3 is 6.09 Å². The largest absolute Gasteiger partial charge is 0.446 e. The number of fused-ring (bicyclic) bond motifs is 5. The van der Waals surface area contributed by atoms with Gasteiger partial charge in [0.15, 0.2) is 0 Å². The Balaban J connectivity index is 1.30. The second-order valence-corrected chi connectivity index (χ2v) is 15.8. The van der Waals surface area contributed by atoms with Gasteiger partial charge in [-0.15, -0.1) is 0 Å². The number of allylic oxidation sites excluding steroid dienone is 1. The van der Waals surface area contributed by atoms with Gasteiger partial charge in [-0.25, -0.2) is 4.79 Å². The Bertz CT molecular complexity index is 879. The topological polar surface area (TPSA) is 47.6 Å². The second kappa shape index (κ2) is 13.1. The molecular formula is C36H63NO3. The van der Waals surface area contributed by atoms with Crippen LogP contribution in [-0.2, 0) is 9.47 Å². The van der Waals surface area contributed by atoms with E-state index in [4.69, 9.17) is 9.47 Å². The van der Waals surface area contributed by atoms with E-state index >= 15 is 0 Å². The molecule has 8 atom stereocenters. The Labute approximate surface area is 247 Å². The van der Waals surface area contributed by atoms with Crippen molar-refractivity contribution < 1.29 is 14.3 Å². The molecule has 4 heteroatoms. The summed E-state index contributed by atoms with van der Waals surface area (Å²) in [5, 5.41) is 3.00. The number of nitrogens with one attached hydrogen (secondary N) is 1. The average Bonchev–Trinajstić information content (AvgIpc) is 3.24. The SMILES string of the molecule is CCOC(C)(C)CCCNC(=O)OC1CCC2(C)C(=CCC3C2CCC2(C)C(C(C)CCCC(C)C)CCC32)C1. The maximum absolute atomic E-state index is 12.6. The summed E-state index contributed by atoms with van der Waals surface area (Å²) in [7, 11) is 0. The van der Waals surface area contributed by atoms with Crippen LogP contribution in [0, 0.1) is 46.3 Å². The van der Waals surface area contributed by atoms with E-state index in [1.807, 2.05) is 6.92 Å². The van der Waals surface area contributed by atoms with E-state index in [0.29, 0.717) is 17.4 Å². The lowest BCUT2D eigenvalue weighted by Gasteiger charge is -2.58. The van der Waals surface area contributed by atoms with Crippen molar-refractivity contribution in [1.82, 2.24) is 5.32 Å². The van der Waals surface area contributed by atoms with Gasteiger partial charge in [0.1, 0.15) is 6.10 Å². The molecule has 3 fully saturated rings. The first-order valence-corrected chi connectivity index (χ1v) is 17.2. The minimum Gasteiger partial charge on any atom is -0.446 e. The number of ether oxygens (including phenoxy) is 2. The van der Waals surface area contributed by atoms with Crippen molar-refractivity contribution in [3.05, 3.63) is 11.6 Å². The Morgan fingerprint density at radius 2 is 1.82 bits per heavy atom. The third-order valence-corrected chi connectivity index (χ3v) is 12.3. The molecule has 4 aliphatic carbocycles. The summed E-state index contributed by atoms with van der Waals surface area (Å²) in [4.78, 5) is 12.6. The zero-order valence-electron chi connectivity index (χ0n) is 27.5. The van der Waals surface area contributed by atoms with Crippen LogP contribution in [0.15, 0.2) is 11.6 Å². The predicted octanol–water partition coefficient (Wildman–Crippen LogP) is 9.72. The van der Waals surface area contributed by atoms with Crippen LogP contribution in [0.1, 0.15) is 139 Å². The Kier molecular flexibility index (Phi) is 10.4. The maximum atomic E-state index is 12.6. The summed E-state index contributed by atoms with van der Waals surface area (Å²) in [6.45, 7) is 20.2. The molecule has 0 aromatic heterocycles. The Morgan fingerprint density at radius 1 is 1.05 bits per heavy atom. The van der Waals surface area contributed by atoms with Crippen molar-refractivity contribution >= 4 is 6.09 Å². The fourth-order valence-corrected chi connectivity index (χ4v) is 10.1. The molecule has 3 saturated carbocycles. The molecule has 0 aromatic rings. The van der Waals surface area contributed by atoms with Gasteiger partial charge < -0.3 is 14.8 Å². The van der Waals surface area contributed by atoms with Gasteiger partial charge in [-0.3, -0.25) is 0 Å². The third-order valence-electron chi connectivity index (χ3n) is 12.3. The van der Waals surface area contributed by atoms with Crippen molar-refractivity contribution in [2.45, 2.75) is 151 Å². The molecule has 0 saturated heterocycles. The summed E-state index contributed by atoms with van der Waals surface area (Å²) in [6, 6.07) is 0. The molecule has 0 aromatic carbocycles. The Morgan fingerprint density at radius 3 is 2.55 bits per heavy atom. The van der Waals surface area contributed by atoms with Gasteiger partial charge in [-0.1, -0.05) is 65.5 Å². The highest BCUT2D eigenvalue weighted by atomic mass is 16.6. The number of alkyl carbamates (subject to hydrolysis) is 1. The fraction of sp³-hybridized carbons (Fsp3) is 0.917. The molecular weight excluding hydrogens is 494 g/mol. The molecule has 0 spiro atoms. The minimum atomic E-state index is -0.245. The molecule has 4 nitrogen and oxygen atoms in total. The van der Waals surface area contributed by atoms with Crippen molar-refractivity contribution in [2.24, 2.45) is 46.3 Å². The number of carbonyl (C=O) groups excluding carboxylic acids is 1. The average molecular weight is 558 g/mol. The number of hydrogen-bond donors (Lipinski definition) is 1. The molecule has 40 heavy (non-hydrogen) atoms. The first-order valence-electron chi connectivity index (χ1n) is 17.2. The van der Waals surface area contributed by atoms with Crippen LogP contribution < -0.4 is 5.32 Å². The maximum Gasteiger partial charge on any atom is 0.407 e. The molecule has 1 N–H and O–H groups in total. The number of carbonyl (C=O) groups is 1. The molecule has 0 bridgehead atoms. The summed E-state index contributed by atoms with van der Waals surface area (Å²) in [5.41, 5.74) is 2.29. The van der Waals surface area contributed by atoms with Gasteiger partial charge in [-0.05, 0) is 125 Å². The van der Waals surface area contributed by atoms with Crippen molar-refractivity contribution in [3.63, 3.8) is 0 Å². The normalized spacial score (nSPS) is 36.3. The summed E-state index contributed by atoms with van der Waals surface area (Å²) in [6.07, 6.45) is 18.5. The lowest BCUT2D eigenvalue weighted by molar-refractivity contribution is -0.0581. The molecule has 8 unspecified atom stereocenters. The van der Waals surface area contributed by atoms with E-state index in [1.165, 1.54) is 57.8 Å². The zero-order valence-corrected chi connectivity index (χ0v) is 27.5. The van der Waals surface area contributed by atoms with Gasteiger partial charge in [0.25, 0.3) is 0 Å². The van der Waals surface area contributed by atoms with Crippen LogP contribution in [0.4, 0.5) is 4.79 Å². The molecule has 0 aliphatic heterocycles. The highest BCUT2D eigenvalue weighted by Gasteiger charge is 2.59. The fourth-order valence-electron chi connectivity index (χ4n) is 10.1. The van der Waals surface area contributed by atoms with Crippen molar-refractivity contribution in [2.75, 3.05) is 13.2 Å². The second-order valence-electron chi connectivity index (χ2n) is 15.8. The monoisotopic (exact) mass is 557 g/mol. The standard InChI is InChI=1S/C36H63NO3/c1-9-39-34(5,6)20-11-23-37-33(38)40-28-18-21-35(7)27(24-28)14-15-29-31-17-16-30(26(4)13-10-12-25(2)3)36(31,8)22-19-32(29)35/h14,25-26,28-32H,9-13,15-24H2,1-8H3,(H,37,38). The van der Waals surface area contributed by atoms with Crippen LogP contribution >= 0.6 is 0 Å². The van der Waals surface area contributed by atoms with E-state index in [-0.39, 0.29) is 17.8 Å². The molecule has 1 amide bonds. The zero-order chi connectivity index (χ0) is 29.1. The summed E-state index contributed by atoms with van der Waals surface area (Å²) < 4.78 is 11.7. The summed E-state index contributed by atoms with van der Waals surface area (Å²) in [5.74, 6) is 5.16. The molecule has 4 aliphatic rings. The molecule has 0 radical (unpaired) electrons. The minimum absolute atomic E-state index is 0.0205. The van der Waals surface area contributed by atoms with E-state index in [1.54, 1.807) is 5.57 Å². The van der Waals surface area contributed by atoms with E-state index in [9.17, 15) is 4.79 Å². The number of amides is 1. The van der Waals surface area contributed by atoms with Crippen LogP contribution in [0.5, 0.6) is 0 Å². The van der Waals surface area contributed by atoms with E-state index in [2.05, 4.69) is 59.9 Å². The van der Waals surface area contributed by atoms with Gasteiger partial charge in [0.05, 0.1) is 5.60 Å². The van der Waals surface area contributed by atoms with E-state index < -0.39 is 0 Å². The highest BCUT2D eigenvalue weighted by Crippen LogP contribution is 2.67. The number of hydrogen-bond acceptors (Lipinski definition) is 3. The van der Waals surface area contributed by atoms with Crippen LogP contribution in [0.3, 0.4) is 0 Å². The van der Waals surface area contributed by atoms with Crippen LogP contribution in [0.2, 0.25) is 0 Å². The van der Waals surface area contributed by atoms with Crippen LogP contribution in [0.25, 0.3) is 0 Å². The molecule has 4 rings (SSSR count). The first-order chi connectivity index (χ1) is 18.9. The predicted molar refractivity (Wildman–Crippen MR) is 166 cm³/mol. The van der Waals surface area contributed by atoms with Gasteiger partial charge in [-0.2, -0.15) is 0 Å². The highest BCUT2D eigenvalue weighted by molar-refractivity contribution is 5.67. The molecule has 0 heterocycles. The Hall–Kier alpha value is -1.03. The van der Waals surface area contributed by atoms with Crippen LogP contribution in [-0.4, -0.2) is 30.9 Å². The third kappa shape index (κ3) is 6.95. The smallest absolute Gasteiger partial charge is 0.407 e. The summed E-state index contributed by atoms with van der Waals surface area (Å²) >= 11 is 0. The van der Waals surface area contributed by atoms with Gasteiger partial charge in [0.2, 0.25) is 0 Å². The first kappa shape index (κ1) is 31.9.